The Labute approximate surface area is 225 Å². The van der Waals surface area contributed by atoms with Gasteiger partial charge in [-0.15, -0.1) is 11.3 Å². The molecule has 194 valence electrons. The second-order valence-corrected chi connectivity index (χ2v) is 10.8. The van der Waals surface area contributed by atoms with Crippen molar-refractivity contribution < 1.29 is 14.3 Å². The van der Waals surface area contributed by atoms with Gasteiger partial charge in [0, 0.05) is 34.8 Å². The van der Waals surface area contributed by atoms with Gasteiger partial charge < -0.3 is 20.4 Å². The lowest BCUT2D eigenvalue weighted by atomic mass is 10.0. The molecule has 0 saturated heterocycles. The van der Waals surface area contributed by atoms with E-state index >= 15 is 0 Å². The number of fused-ring (bicyclic) bond motifs is 2. The largest absolute Gasteiger partial charge is 0.449 e. The van der Waals surface area contributed by atoms with E-state index in [1.54, 1.807) is 11.3 Å². The van der Waals surface area contributed by atoms with Gasteiger partial charge in [0.1, 0.15) is 11.0 Å². The number of carbonyl (C=O) groups is 2. The third-order valence-electron chi connectivity index (χ3n) is 6.20. The highest BCUT2D eigenvalue weighted by Crippen LogP contribution is 2.31. The Balaban J connectivity index is 1.32. The van der Waals surface area contributed by atoms with E-state index in [1.165, 1.54) is 5.56 Å². The Bertz CT molecular complexity index is 1590. The minimum absolute atomic E-state index is 0.194. The van der Waals surface area contributed by atoms with Crippen LogP contribution in [0.1, 0.15) is 25.0 Å². The van der Waals surface area contributed by atoms with E-state index < -0.39 is 12.1 Å². The molecular formula is C30H30N4O3S. The first-order valence-electron chi connectivity index (χ1n) is 12.6. The zero-order valence-electron chi connectivity index (χ0n) is 21.6. The normalized spacial score (nSPS) is 12.1. The van der Waals surface area contributed by atoms with Crippen LogP contribution in [0.2, 0.25) is 0 Å². The van der Waals surface area contributed by atoms with Crippen LogP contribution in [0.25, 0.3) is 31.7 Å². The van der Waals surface area contributed by atoms with Crippen molar-refractivity contribution in [2.45, 2.75) is 33.2 Å². The quantitative estimate of drug-likeness (QED) is 0.210. The van der Waals surface area contributed by atoms with E-state index in [0.717, 1.165) is 37.3 Å². The molecule has 0 bridgehead atoms. The van der Waals surface area contributed by atoms with Crippen LogP contribution in [-0.4, -0.2) is 34.6 Å². The van der Waals surface area contributed by atoms with Gasteiger partial charge in [0.2, 0.25) is 5.91 Å². The molecule has 0 aliphatic carbocycles. The zero-order chi connectivity index (χ0) is 26.6. The van der Waals surface area contributed by atoms with Gasteiger partial charge in [-0.3, -0.25) is 4.79 Å². The number of alkyl carbamates (subject to hydrolysis) is 1. The highest BCUT2D eigenvalue weighted by molar-refractivity contribution is 7.21. The van der Waals surface area contributed by atoms with Gasteiger partial charge in [-0.05, 0) is 66.4 Å². The van der Waals surface area contributed by atoms with Crippen molar-refractivity contribution in [3.05, 3.63) is 84.1 Å². The van der Waals surface area contributed by atoms with Crippen LogP contribution in [0.3, 0.4) is 0 Å². The van der Waals surface area contributed by atoms with Crippen LogP contribution in [0, 0.1) is 12.8 Å². The monoisotopic (exact) mass is 526 g/mol. The number of H-pyrrole nitrogens is 1. The minimum atomic E-state index is -0.818. The molecule has 0 aliphatic heterocycles. The smallest absolute Gasteiger partial charge is 0.407 e. The lowest BCUT2D eigenvalue weighted by Gasteiger charge is -2.19. The number of para-hydroxylation sites is 1. The van der Waals surface area contributed by atoms with E-state index in [4.69, 9.17) is 9.72 Å². The maximum Gasteiger partial charge on any atom is 0.407 e. The minimum Gasteiger partial charge on any atom is -0.449 e. The summed E-state index contributed by atoms with van der Waals surface area (Å²) in [5, 5.41) is 7.64. The summed E-state index contributed by atoms with van der Waals surface area (Å²) in [5.74, 6) is -0.125. The number of rotatable bonds is 8. The summed E-state index contributed by atoms with van der Waals surface area (Å²) in [5.41, 5.74) is 5.71. The summed E-state index contributed by atoms with van der Waals surface area (Å²) < 4.78 is 6.44. The molecule has 5 rings (SSSR count). The molecule has 38 heavy (non-hydrogen) atoms. The molecule has 0 aliphatic rings. The first-order valence-corrected chi connectivity index (χ1v) is 13.4. The summed E-state index contributed by atoms with van der Waals surface area (Å²) in [6.45, 7) is 6.27. The van der Waals surface area contributed by atoms with Gasteiger partial charge in [0.15, 0.2) is 0 Å². The van der Waals surface area contributed by atoms with E-state index in [9.17, 15) is 9.59 Å². The molecule has 3 aromatic carbocycles. The Kier molecular flexibility index (Phi) is 7.42. The van der Waals surface area contributed by atoms with Crippen molar-refractivity contribution in [3.8, 4) is 10.6 Å². The molecule has 2 aromatic heterocycles. The molecule has 2 amide bonds. The van der Waals surface area contributed by atoms with Gasteiger partial charge in [-0.25, -0.2) is 9.78 Å². The number of ether oxygens (including phenoxy) is 1. The van der Waals surface area contributed by atoms with Crippen molar-refractivity contribution in [2.24, 2.45) is 5.92 Å². The number of hydrogen-bond donors (Lipinski definition) is 3. The van der Waals surface area contributed by atoms with Gasteiger partial charge in [-0.2, -0.15) is 0 Å². The second-order valence-electron chi connectivity index (χ2n) is 9.81. The number of nitrogens with zero attached hydrogens (tertiary/aromatic N) is 1. The van der Waals surface area contributed by atoms with Crippen LogP contribution in [0.5, 0.6) is 0 Å². The number of aryl methyl sites for hydroxylation is 1. The number of aromatic amines is 1. The molecule has 0 radical (unpaired) electrons. The molecule has 0 fully saturated rings. The molecule has 7 nitrogen and oxygen atoms in total. The number of aromatic nitrogens is 2. The van der Waals surface area contributed by atoms with Crippen molar-refractivity contribution in [2.75, 3.05) is 11.9 Å². The molecule has 0 saturated carbocycles. The fourth-order valence-electron chi connectivity index (χ4n) is 4.24. The number of hydrogen-bond acceptors (Lipinski definition) is 5. The van der Waals surface area contributed by atoms with E-state index in [-0.39, 0.29) is 18.4 Å². The molecular weight excluding hydrogens is 496 g/mol. The first-order chi connectivity index (χ1) is 18.4. The van der Waals surface area contributed by atoms with Crippen molar-refractivity contribution >= 4 is 50.1 Å². The number of anilines is 1. The number of amides is 2. The van der Waals surface area contributed by atoms with Gasteiger partial charge in [0.25, 0.3) is 0 Å². The number of benzene rings is 3. The third-order valence-corrected chi connectivity index (χ3v) is 7.27. The molecule has 1 unspecified atom stereocenters. The van der Waals surface area contributed by atoms with Crippen molar-refractivity contribution in [3.63, 3.8) is 0 Å². The van der Waals surface area contributed by atoms with Gasteiger partial charge in [-0.1, -0.05) is 38.1 Å². The molecule has 2 heterocycles. The fraction of sp³-hybridized carbons (Fsp3) is 0.233. The maximum absolute atomic E-state index is 13.4. The molecule has 0 spiro atoms. The van der Waals surface area contributed by atoms with Gasteiger partial charge in [0.05, 0.1) is 16.8 Å². The predicted octanol–water partition coefficient (Wildman–Crippen LogP) is 6.69. The Morgan fingerprint density at radius 1 is 1.05 bits per heavy atom. The standard InChI is InChI=1S/C30H30N4O3S/c1-18(2)17-37-30(36)34-26(15-21-16-31-24-7-5-4-6-23(21)24)28(35)32-22-11-9-20(10-12-22)29-33-25-13-8-19(3)14-27(25)38-29/h4-14,16,18,26,31H,15,17H2,1-3H3,(H,32,35)(H,34,36). The summed E-state index contributed by atoms with van der Waals surface area (Å²) in [6, 6.07) is 20.9. The second kappa shape index (κ2) is 11.1. The fourth-order valence-corrected chi connectivity index (χ4v) is 5.31. The lowest BCUT2D eigenvalue weighted by molar-refractivity contribution is -0.118. The SMILES string of the molecule is Cc1ccc2nc(-c3ccc(NC(=O)C(Cc4c[nH]c5ccccc45)NC(=O)OCC(C)C)cc3)sc2c1. The third kappa shape index (κ3) is 5.86. The highest BCUT2D eigenvalue weighted by atomic mass is 32.1. The van der Waals surface area contributed by atoms with E-state index in [0.29, 0.717) is 12.1 Å². The van der Waals surface area contributed by atoms with Gasteiger partial charge >= 0.3 is 6.09 Å². The average Bonchev–Trinajstić information content (AvgIpc) is 3.51. The summed E-state index contributed by atoms with van der Waals surface area (Å²) in [4.78, 5) is 33.8. The molecule has 3 N–H and O–H groups in total. The van der Waals surface area contributed by atoms with Crippen LogP contribution in [0.4, 0.5) is 10.5 Å². The maximum atomic E-state index is 13.4. The van der Waals surface area contributed by atoms with Crippen LogP contribution in [0.15, 0.2) is 72.9 Å². The molecule has 8 heteroatoms. The zero-order valence-corrected chi connectivity index (χ0v) is 22.4. The number of carbonyl (C=O) groups excluding carboxylic acids is 2. The Morgan fingerprint density at radius 2 is 1.84 bits per heavy atom. The summed E-state index contributed by atoms with van der Waals surface area (Å²) in [7, 11) is 0. The Hall–Kier alpha value is -4.17. The molecule has 1 atom stereocenters. The van der Waals surface area contributed by atoms with E-state index in [1.807, 2.05) is 74.6 Å². The number of thiazole rings is 1. The summed E-state index contributed by atoms with van der Waals surface area (Å²) >= 11 is 1.64. The van der Waals surface area contributed by atoms with Crippen LogP contribution in [-0.2, 0) is 16.0 Å². The van der Waals surface area contributed by atoms with E-state index in [2.05, 4.69) is 34.7 Å². The Morgan fingerprint density at radius 3 is 2.63 bits per heavy atom. The average molecular weight is 527 g/mol. The first kappa shape index (κ1) is 25.5. The van der Waals surface area contributed by atoms with Crippen LogP contribution < -0.4 is 10.6 Å². The molecule has 5 aromatic rings. The van der Waals surface area contributed by atoms with Crippen molar-refractivity contribution in [1.82, 2.24) is 15.3 Å². The summed E-state index contributed by atoms with van der Waals surface area (Å²) in [6.07, 6.45) is 1.58. The number of nitrogens with one attached hydrogen (secondary N) is 3. The predicted molar refractivity (Wildman–Crippen MR) is 154 cm³/mol. The highest BCUT2D eigenvalue weighted by Gasteiger charge is 2.24. The van der Waals surface area contributed by atoms with Crippen LogP contribution >= 0.6 is 11.3 Å². The lowest BCUT2D eigenvalue weighted by Crippen LogP contribution is -2.45. The topological polar surface area (TPSA) is 96.1 Å². The van der Waals surface area contributed by atoms with Crippen molar-refractivity contribution in [1.29, 1.82) is 0 Å².